The number of aryl methyl sites for hydroxylation is 1. The number of unbranched alkanes of at least 4 members (excludes halogenated alkanes) is 3. The third-order valence-electron chi connectivity index (χ3n) is 2.53. The first-order chi connectivity index (χ1) is 7.72. The number of nitrogens with zero attached hydrogens (tertiary/aromatic N) is 3. The molecule has 1 aromatic heterocycles. The number of nitrogens with two attached hydrogens (primary N) is 1. The fraction of sp³-hybridized carbons (Fsp3) is 0.833. The van der Waals surface area contributed by atoms with E-state index in [1.54, 1.807) is 0 Å². The lowest BCUT2D eigenvalue weighted by molar-refractivity contribution is 0.472. The first kappa shape index (κ1) is 13.2. The summed E-state index contributed by atoms with van der Waals surface area (Å²) in [5.74, 6) is 0.624. The van der Waals surface area contributed by atoms with Crippen molar-refractivity contribution in [2.24, 2.45) is 11.7 Å². The van der Waals surface area contributed by atoms with Crippen molar-refractivity contribution in [3.8, 4) is 0 Å². The molecule has 0 aliphatic heterocycles. The first-order valence-electron chi connectivity index (χ1n) is 6.31. The molecule has 1 aromatic rings. The van der Waals surface area contributed by atoms with Crippen molar-refractivity contribution in [1.82, 2.24) is 15.0 Å². The first-order valence-corrected chi connectivity index (χ1v) is 6.31. The number of hydrogen-bond acceptors (Lipinski definition) is 3. The average Bonchev–Trinajstić information content (AvgIpc) is 2.64. The molecular formula is C12H24N4. The van der Waals surface area contributed by atoms with Crippen LogP contribution in [-0.2, 0) is 13.0 Å². The second-order valence-electron chi connectivity index (χ2n) is 4.78. The highest BCUT2D eigenvalue weighted by atomic mass is 15.4. The number of hydrogen-bond donors (Lipinski definition) is 1. The molecule has 0 radical (unpaired) electrons. The van der Waals surface area contributed by atoms with Gasteiger partial charge in [0.15, 0.2) is 0 Å². The van der Waals surface area contributed by atoms with Crippen LogP contribution in [0.1, 0.15) is 45.2 Å². The lowest BCUT2D eigenvalue weighted by atomic mass is 10.1. The molecule has 0 atom stereocenters. The highest BCUT2D eigenvalue weighted by Crippen LogP contribution is 2.05. The molecule has 0 bridgehead atoms. The van der Waals surface area contributed by atoms with Gasteiger partial charge in [-0.25, -0.2) is 0 Å². The third-order valence-corrected chi connectivity index (χ3v) is 2.53. The van der Waals surface area contributed by atoms with Gasteiger partial charge in [0.1, 0.15) is 0 Å². The molecule has 1 heterocycles. The zero-order valence-corrected chi connectivity index (χ0v) is 10.5. The van der Waals surface area contributed by atoms with Gasteiger partial charge in [0, 0.05) is 12.7 Å². The van der Waals surface area contributed by atoms with Crippen LogP contribution in [0.2, 0.25) is 0 Å². The Morgan fingerprint density at radius 3 is 2.69 bits per heavy atom. The van der Waals surface area contributed by atoms with Gasteiger partial charge in [-0.15, -0.1) is 5.10 Å². The lowest BCUT2D eigenvalue weighted by Crippen LogP contribution is -2.04. The molecule has 1 rings (SSSR count). The molecule has 0 aliphatic rings. The molecule has 4 heteroatoms. The summed E-state index contributed by atoms with van der Waals surface area (Å²) in [5, 5.41) is 8.29. The van der Waals surface area contributed by atoms with Gasteiger partial charge in [0.05, 0.1) is 5.69 Å². The van der Waals surface area contributed by atoms with Crippen molar-refractivity contribution in [3.05, 3.63) is 11.9 Å². The maximum absolute atomic E-state index is 5.45. The Morgan fingerprint density at radius 1 is 1.25 bits per heavy atom. The summed E-state index contributed by atoms with van der Waals surface area (Å²) in [6, 6.07) is 0. The molecule has 0 amide bonds. The van der Waals surface area contributed by atoms with Crippen LogP contribution >= 0.6 is 0 Å². The third kappa shape index (κ3) is 5.26. The van der Waals surface area contributed by atoms with Gasteiger partial charge >= 0.3 is 0 Å². The summed E-state index contributed by atoms with van der Waals surface area (Å²) in [5.41, 5.74) is 6.56. The van der Waals surface area contributed by atoms with Crippen molar-refractivity contribution in [3.63, 3.8) is 0 Å². The summed E-state index contributed by atoms with van der Waals surface area (Å²) in [6.07, 6.45) is 7.93. The van der Waals surface area contributed by atoms with Gasteiger partial charge in [0.25, 0.3) is 0 Å². The van der Waals surface area contributed by atoms with E-state index in [1.807, 2.05) is 4.68 Å². The normalized spacial score (nSPS) is 11.2. The minimum atomic E-state index is 0.624. The van der Waals surface area contributed by atoms with Crippen molar-refractivity contribution >= 4 is 0 Å². The molecule has 0 aliphatic carbocycles. The van der Waals surface area contributed by atoms with Gasteiger partial charge in [-0.2, -0.15) is 0 Å². The Kier molecular flexibility index (Phi) is 6.08. The molecule has 0 fully saturated rings. The Labute approximate surface area is 98.2 Å². The van der Waals surface area contributed by atoms with Crippen molar-refractivity contribution in [2.45, 2.75) is 52.5 Å². The van der Waals surface area contributed by atoms with Crippen LogP contribution < -0.4 is 5.73 Å². The Bertz CT molecular complexity index is 280. The molecular weight excluding hydrogens is 200 g/mol. The number of aromatic nitrogens is 3. The van der Waals surface area contributed by atoms with E-state index in [1.165, 1.54) is 19.3 Å². The van der Waals surface area contributed by atoms with Gasteiger partial charge in [-0.05, 0) is 31.7 Å². The van der Waals surface area contributed by atoms with E-state index in [4.69, 9.17) is 5.73 Å². The van der Waals surface area contributed by atoms with Crippen LogP contribution in [0.4, 0.5) is 0 Å². The molecule has 4 nitrogen and oxygen atoms in total. The topological polar surface area (TPSA) is 56.7 Å². The molecule has 0 unspecified atom stereocenters. The minimum absolute atomic E-state index is 0.624. The van der Waals surface area contributed by atoms with Gasteiger partial charge in [-0.1, -0.05) is 31.9 Å². The fourth-order valence-electron chi connectivity index (χ4n) is 1.72. The maximum Gasteiger partial charge on any atom is 0.0827 e. The zero-order valence-electron chi connectivity index (χ0n) is 10.5. The Balaban J connectivity index is 2.19. The lowest BCUT2D eigenvalue weighted by Gasteiger charge is -2.02. The molecule has 92 valence electrons. The molecule has 16 heavy (non-hydrogen) atoms. The zero-order chi connectivity index (χ0) is 11.8. The molecule has 0 spiro atoms. The van der Waals surface area contributed by atoms with Crippen LogP contribution in [0.3, 0.4) is 0 Å². The van der Waals surface area contributed by atoms with E-state index in [0.29, 0.717) is 5.92 Å². The fourth-order valence-corrected chi connectivity index (χ4v) is 1.72. The van der Waals surface area contributed by atoms with Gasteiger partial charge in [-0.3, -0.25) is 4.68 Å². The Morgan fingerprint density at radius 2 is 2.00 bits per heavy atom. The van der Waals surface area contributed by atoms with Crippen LogP contribution in [0.5, 0.6) is 0 Å². The summed E-state index contributed by atoms with van der Waals surface area (Å²) >= 11 is 0. The summed E-state index contributed by atoms with van der Waals surface area (Å²) in [6.45, 7) is 6.15. The molecule has 2 N–H and O–H groups in total. The maximum atomic E-state index is 5.45. The summed E-state index contributed by atoms with van der Waals surface area (Å²) in [7, 11) is 0. The SMILES string of the molecule is CC(C)Cn1cc(CCCCCCN)nn1. The van der Waals surface area contributed by atoms with Gasteiger partial charge in [0.2, 0.25) is 0 Å². The summed E-state index contributed by atoms with van der Waals surface area (Å²) < 4.78 is 1.94. The van der Waals surface area contributed by atoms with E-state index in [2.05, 4.69) is 30.4 Å². The van der Waals surface area contributed by atoms with Crippen LogP contribution in [-0.4, -0.2) is 21.5 Å². The van der Waals surface area contributed by atoms with E-state index in [-0.39, 0.29) is 0 Å². The average molecular weight is 224 g/mol. The quantitative estimate of drug-likeness (QED) is 0.687. The monoisotopic (exact) mass is 224 g/mol. The van der Waals surface area contributed by atoms with Crippen LogP contribution in [0.25, 0.3) is 0 Å². The standard InChI is InChI=1S/C12H24N4/c1-11(2)9-16-10-12(14-15-16)7-5-3-4-6-8-13/h10-11H,3-9,13H2,1-2H3. The predicted molar refractivity (Wildman–Crippen MR) is 66.1 cm³/mol. The van der Waals surface area contributed by atoms with E-state index >= 15 is 0 Å². The van der Waals surface area contributed by atoms with Crippen molar-refractivity contribution in [1.29, 1.82) is 0 Å². The second-order valence-corrected chi connectivity index (χ2v) is 4.78. The van der Waals surface area contributed by atoms with E-state index in [9.17, 15) is 0 Å². The molecule has 0 saturated carbocycles. The van der Waals surface area contributed by atoms with Crippen LogP contribution in [0.15, 0.2) is 6.20 Å². The Hall–Kier alpha value is -0.900. The van der Waals surface area contributed by atoms with Crippen LogP contribution in [0, 0.1) is 5.92 Å². The highest BCUT2D eigenvalue weighted by Gasteiger charge is 2.02. The second kappa shape index (κ2) is 7.39. The summed E-state index contributed by atoms with van der Waals surface area (Å²) in [4.78, 5) is 0. The smallest absolute Gasteiger partial charge is 0.0827 e. The minimum Gasteiger partial charge on any atom is -0.330 e. The molecule has 0 saturated heterocycles. The van der Waals surface area contributed by atoms with Crippen molar-refractivity contribution in [2.75, 3.05) is 6.54 Å². The number of rotatable bonds is 8. The van der Waals surface area contributed by atoms with Crippen molar-refractivity contribution < 1.29 is 0 Å². The van der Waals surface area contributed by atoms with E-state index < -0.39 is 0 Å². The van der Waals surface area contributed by atoms with E-state index in [0.717, 1.165) is 31.6 Å². The highest BCUT2D eigenvalue weighted by molar-refractivity contribution is 4.92. The predicted octanol–water partition coefficient (Wildman–Crippen LogP) is 2.00. The molecule has 0 aromatic carbocycles. The largest absolute Gasteiger partial charge is 0.330 e. The van der Waals surface area contributed by atoms with Gasteiger partial charge < -0.3 is 5.73 Å².